The van der Waals surface area contributed by atoms with Crippen LogP contribution in [0, 0.1) is 0 Å². The number of carbonyl (C=O) groups excluding carboxylic acids is 1. The van der Waals surface area contributed by atoms with Gasteiger partial charge in [-0.15, -0.1) is 11.3 Å². The van der Waals surface area contributed by atoms with Gasteiger partial charge in [-0.25, -0.2) is 9.97 Å². The Morgan fingerprint density at radius 1 is 1.26 bits per heavy atom. The maximum atomic E-state index is 12.8. The highest BCUT2D eigenvalue weighted by Crippen LogP contribution is 2.27. The van der Waals surface area contributed by atoms with Gasteiger partial charge >= 0.3 is 0 Å². The minimum absolute atomic E-state index is 0.0322. The predicted octanol–water partition coefficient (Wildman–Crippen LogP) is 2.08. The number of hydrogen-bond donors (Lipinski definition) is 1. The number of carbonyl (C=O) groups is 1. The molecule has 1 amide bonds. The molecule has 1 atom stereocenters. The summed E-state index contributed by atoms with van der Waals surface area (Å²) in [7, 11) is 0. The van der Waals surface area contributed by atoms with Gasteiger partial charge in [0.15, 0.2) is 0 Å². The van der Waals surface area contributed by atoms with Crippen LogP contribution < -0.4 is 5.56 Å². The third-order valence-electron chi connectivity index (χ3n) is 5.65. The van der Waals surface area contributed by atoms with Crippen molar-refractivity contribution in [3.05, 3.63) is 33.8 Å². The van der Waals surface area contributed by atoms with Gasteiger partial charge in [0, 0.05) is 36.7 Å². The number of nitrogens with one attached hydrogen (secondary N) is 1. The maximum Gasteiger partial charge on any atom is 0.251 e. The second-order valence-corrected chi connectivity index (χ2v) is 8.27. The standard InChI is InChI=1S/C19H25N5O2S/c1-13(23-7-2-3-8-23)19(26)24-9-4-14(5-10-24)17-21-15(12-16(25)22-17)18-20-6-11-27-18/h6,11-14H,2-5,7-10H2,1H3,(H,21,22,25)/t13-/m0/s1. The van der Waals surface area contributed by atoms with Gasteiger partial charge in [-0.3, -0.25) is 14.5 Å². The van der Waals surface area contributed by atoms with E-state index >= 15 is 0 Å². The monoisotopic (exact) mass is 387 g/mol. The Balaban J connectivity index is 1.42. The fourth-order valence-electron chi connectivity index (χ4n) is 4.05. The summed E-state index contributed by atoms with van der Waals surface area (Å²) < 4.78 is 0. The number of hydrogen-bond acceptors (Lipinski definition) is 6. The number of thiazole rings is 1. The smallest absolute Gasteiger partial charge is 0.251 e. The van der Waals surface area contributed by atoms with Crippen LogP contribution in [0.4, 0.5) is 0 Å². The molecular weight excluding hydrogens is 362 g/mol. The molecule has 0 radical (unpaired) electrons. The van der Waals surface area contributed by atoms with E-state index in [0.29, 0.717) is 24.6 Å². The van der Waals surface area contributed by atoms with E-state index in [0.717, 1.165) is 30.9 Å². The molecule has 4 heterocycles. The molecule has 0 spiro atoms. The first-order chi connectivity index (χ1) is 13.1. The first kappa shape index (κ1) is 18.3. The highest BCUT2D eigenvalue weighted by molar-refractivity contribution is 7.13. The zero-order valence-electron chi connectivity index (χ0n) is 15.6. The van der Waals surface area contributed by atoms with Crippen molar-refractivity contribution >= 4 is 17.2 Å². The Bertz CT molecular complexity index is 836. The summed E-state index contributed by atoms with van der Waals surface area (Å²) in [5.74, 6) is 1.12. The molecular formula is C19H25N5O2S. The van der Waals surface area contributed by atoms with Gasteiger partial charge in [0.1, 0.15) is 16.5 Å². The average Bonchev–Trinajstić information content (AvgIpc) is 3.40. The largest absolute Gasteiger partial charge is 0.341 e. The van der Waals surface area contributed by atoms with Crippen molar-refractivity contribution < 1.29 is 4.79 Å². The molecule has 2 aromatic rings. The molecule has 2 saturated heterocycles. The number of aromatic nitrogens is 3. The van der Waals surface area contributed by atoms with Gasteiger partial charge in [-0.2, -0.15) is 0 Å². The second-order valence-electron chi connectivity index (χ2n) is 7.37. The molecule has 27 heavy (non-hydrogen) atoms. The van der Waals surface area contributed by atoms with Gasteiger partial charge in [0.05, 0.1) is 6.04 Å². The third-order valence-corrected chi connectivity index (χ3v) is 6.45. The van der Waals surface area contributed by atoms with Gasteiger partial charge in [0.2, 0.25) is 5.91 Å². The summed E-state index contributed by atoms with van der Waals surface area (Å²) in [5, 5.41) is 2.64. The molecule has 2 fully saturated rings. The van der Waals surface area contributed by atoms with E-state index in [-0.39, 0.29) is 23.4 Å². The number of piperidine rings is 1. The molecule has 0 aliphatic carbocycles. The summed E-state index contributed by atoms with van der Waals surface area (Å²) in [6.07, 6.45) is 5.74. The summed E-state index contributed by atoms with van der Waals surface area (Å²) in [6, 6.07) is 1.47. The Morgan fingerprint density at radius 2 is 2.00 bits per heavy atom. The lowest BCUT2D eigenvalue weighted by atomic mass is 9.95. The molecule has 1 N–H and O–H groups in total. The minimum atomic E-state index is -0.147. The Hall–Kier alpha value is -2.06. The number of amides is 1. The van der Waals surface area contributed by atoms with E-state index in [1.807, 2.05) is 17.2 Å². The van der Waals surface area contributed by atoms with Crippen molar-refractivity contribution in [2.45, 2.75) is 44.6 Å². The van der Waals surface area contributed by atoms with E-state index in [4.69, 9.17) is 0 Å². The maximum absolute atomic E-state index is 12.8. The molecule has 0 unspecified atom stereocenters. The van der Waals surface area contributed by atoms with Crippen LogP contribution in [0.2, 0.25) is 0 Å². The summed E-state index contributed by atoms with van der Waals surface area (Å²) in [6.45, 7) is 5.51. The summed E-state index contributed by atoms with van der Waals surface area (Å²) >= 11 is 1.48. The SMILES string of the molecule is C[C@@H](C(=O)N1CCC(c2nc(-c3nccs3)cc(=O)[nH]2)CC1)N1CCCC1. The molecule has 7 nitrogen and oxygen atoms in total. The van der Waals surface area contributed by atoms with Crippen LogP contribution in [0.3, 0.4) is 0 Å². The van der Waals surface area contributed by atoms with Gasteiger partial charge in [-0.05, 0) is 45.7 Å². The Labute approximate surface area is 162 Å². The van der Waals surface area contributed by atoms with Crippen LogP contribution in [0.1, 0.15) is 44.3 Å². The molecule has 4 rings (SSSR count). The number of nitrogens with zero attached hydrogens (tertiary/aromatic N) is 4. The molecule has 2 aliphatic rings. The Morgan fingerprint density at radius 3 is 2.67 bits per heavy atom. The molecule has 144 valence electrons. The quantitative estimate of drug-likeness (QED) is 0.869. The van der Waals surface area contributed by atoms with Crippen molar-refractivity contribution in [2.24, 2.45) is 0 Å². The zero-order valence-corrected chi connectivity index (χ0v) is 16.4. The lowest BCUT2D eigenvalue weighted by Gasteiger charge is -2.35. The first-order valence-electron chi connectivity index (χ1n) is 9.66. The average molecular weight is 388 g/mol. The van der Waals surface area contributed by atoms with Gasteiger partial charge < -0.3 is 9.88 Å². The lowest BCUT2D eigenvalue weighted by molar-refractivity contribution is -0.137. The van der Waals surface area contributed by atoms with Crippen LogP contribution in [-0.4, -0.2) is 62.9 Å². The van der Waals surface area contributed by atoms with E-state index in [9.17, 15) is 9.59 Å². The summed E-state index contributed by atoms with van der Waals surface area (Å²) in [4.78, 5) is 40.9. The second kappa shape index (κ2) is 7.90. The normalized spacial score (nSPS) is 20.1. The number of H-pyrrole nitrogens is 1. The van der Waals surface area contributed by atoms with Crippen molar-refractivity contribution in [3.8, 4) is 10.7 Å². The highest BCUT2D eigenvalue weighted by atomic mass is 32.1. The van der Waals surface area contributed by atoms with E-state index in [2.05, 4.69) is 19.9 Å². The molecule has 2 aliphatic heterocycles. The van der Waals surface area contributed by atoms with Crippen LogP contribution in [-0.2, 0) is 4.79 Å². The summed E-state index contributed by atoms with van der Waals surface area (Å²) in [5.41, 5.74) is 0.483. The molecule has 0 bridgehead atoms. The topological polar surface area (TPSA) is 82.2 Å². The minimum Gasteiger partial charge on any atom is -0.341 e. The highest BCUT2D eigenvalue weighted by Gasteiger charge is 2.31. The fourth-order valence-corrected chi connectivity index (χ4v) is 4.65. The third kappa shape index (κ3) is 3.96. The van der Waals surface area contributed by atoms with Crippen molar-refractivity contribution in [1.29, 1.82) is 0 Å². The van der Waals surface area contributed by atoms with Gasteiger partial charge in [-0.1, -0.05) is 0 Å². The van der Waals surface area contributed by atoms with Crippen LogP contribution >= 0.6 is 11.3 Å². The van der Waals surface area contributed by atoms with E-state index in [1.54, 1.807) is 6.20 Å². The van der Waals surface area contributed by atoms with Crippen molar-refractivity contribution in [2.75, 3.05) is 26.2 Å². The van der Waals surface area contributed by atoms with Crippen molar-refractivity contribution in [1.82, 2.24) is 24.8 Å². The molecule has 8 heteroatoms. The molecule has 2 aromatic heterocycles. The number of rotatable bonds is 4. The van der Waals surface area contributed by atoms with Crippen molar-refractivity contribution in [3.63, 3.8) is 0 Å². The van der Waals surface area contributed by atoms with E-state index < -0.39 is 0 Å². The number of likely N-dealkylation sites (tertiary alicyclic amines) is 2. The fraction of sp³-hybridized carbons (Fsp3) is 0.579. The van der Waals surface area contributed by atoms with Crippen LogP contribution in [0.5, 0.6) is 0 Å². The zero-order chi connectivity index (χ0) is 18.8. The Kier molecular flexibility index (Phi) is 5.36. The van der Waals surface area contributed by atoms with Crippen LogP contribution in [0.15, 0.2) is 22.4 Å². The van der Waals surface area contributed by atoms with E-state index in [1.165, 1.54) is 30.2 Å². The molecule has 0 saturated carbocycles. The van der Waals surface area contributed by atoms with Gasteiger partial charge in [0.25, 0.3) is 5.56 Å². The first-order valence-corrected chi connectivity index (χ1v) is 10.5. The molecule has 0 aromatic carbocycles. The van der Waals surface area contributed by atoms with Crippen LogP contribution in [0.25, 0.3) is 10.7 Å². The lowest BCUT2D eigenvalue weighted by Crippen LogP contribution is -2.48. The number of aromatic amines is 1. The predicted molar refractivity (Wildman–Crippen MR) is 105 cm³/mol.